The average Bonchev–Trinajstić information content (AvgIpc) is 2.66. The Labute approximate surface area is 153 Å². The van der Waals surface area contributed by atoms with Crippen LogP contribution in [0.25, 0.3) is 0 Å². The van der Waals surface area contributed by atoms with Crippen molar-refractivity contribution in [2.45, 2.75) is 17.9 Å². The molecule has 0 fully saturated rings. The Kier molecular flexibility index (Phi) is 6.62. The van der Waals surface area contributed by atoms with Crippen molar-refractivity contribution in [2.75, 3.05) is 6.26 Å². The van der Waals surface area contributed by atoms with E-state index in [1.807, 2.05) is 0 Å². The normalized spacial score (nSPS) is 12.5. The topological polar surface area (TPSA) is 102 Å². The summed E-state index contributed by atoms with van der Waals surface area (Å²) < 4.78 is 16.8. The van der Waals surface area contributed by atoms with Crippen LogP contribution >= 0.6 is 0 Å². The van der Waals surface area contributed by atoms with E-state index in [4.69, 9.17) is 4.74 Å². The molecular formula is C18H18N2O5S. The van der Waals surface area contributed by atoms with Gasteiger partial charge in [0.1, 0.15) is 0 Å². The molecule has 0 unspecified atom stereocenters. The molecule has 0 aromatic heterocycles. The van der Waals surface area contributed by atoms with Crippen LogP contribution in [0.1, 0.15) is 27.6 Å². The number of hydrogen-bond donors (Lipinski definition) is 2. The SMILES string of the molecule is C[C@H](OC(=O)c1ccccc1[S@](C)=O)C(=O)NNC(=O)c1ccccc1. The molecule has 0 aliphatic heterocycles. The van der Waals surface area contributed by atoms with E-state index in [9.17, 15) is 18.6 Å². The van der Waals surface area contributed by atoms with Crippen LogP contribution in [0.3, 0.4) is 0 Å². The Morgan fingerprint density at radius 2 is 1.58 bits per heavy atom. The average molecular weight is 374 g/mol. The van der Waals surface area contributed by atoms with Gasteiger partial charge in [-0.25, -0.2) is 4.79 Å². The van der Waals surface area contributed by atoms with Crippen molar-refractivity contribution in [1.82, 2.24) is 10.9 Å². The molecule has 0 radical (unpaired) electrons. The molecule has 0 saturated carbocycles. The predicted molar refractivity (Wildman–Crippen MR) is 95.7 cm³/mol. The molecule has 26 heavy (non-hydrogen) atoms. The summed E-state index contributed by atoms with van der Waals surface area (Å²) in [7, 11) is -1.38. The number of carbonyl (C=O) groups is 3. The highest BCUT2D eigenvalue weighted by Gasteiger charge is 2.22. The summed E-state index contributed by atoms with van der Waals surface area (Å²) in [6.45, 7) is 1.37. The summed E-state index contributed by atoms with van der Waals surface area (Å²) in [6.07, 6.45) is 0.290. The second kappa shape index (κ2) is 8.91. The Hall–Kier alpha value is -3.00. The summed E-state index contributed by atoms with van der Waals surface area (Å²) in [4.78, 5) is 36.4. The summed E-state index contributed by atoms with van der Waals surface area (Å²) in [6, 6.07) is 14.6. The lowest BCUT2D eigenvalue weighted by molar-refractivity contribution is -0.129. The lowest BCUT2D eigenvalue weighted by Crippen LogP contribution is -2.46. The highest BCUT2D eigenvalue weighted by molar-refractivity contribution is 7.84. The third kappa shape index (κ3) is 5.00. The number of hydrazine groups is 1. The molecule has 2 atom stereocenters. The maximum Gasteiger partial charge on any atom is 0.340 e. The molecule has 0 heterocycles. The molecule has 2 amide bonds. The second-order valence-electron chi connectivity index (χ2n) is 5.31. The maximum atomic E-state index is 12.2. The number of nitrogens with one attached hydrogen (secondary N) is 2. The highest BCUT2D eigenvalue weighted by atomic mass is 32.2. The van der Waals surface area contributed by atoms with Crippen molar-refractivity contribution >= 4 is 28.6 Å². The first-order valence-corrected chi connectivity index (χ1v) is 9.24. The fourth-order valence-electron chi connectivity index (χ4n) is 2.05. The number of ether oxygens (including phenoxy) is 1. The molecule has 0 spiro atoms. The van der Waals surface area contributed by atoms with Gasteiger partial charge in [0.05, 0.1) is 21.3 Å². The highest BCUT2D eigenvalue weighted by Crippen LogP contribution is 2.14. The summed E-state index contributed by atoms with van der Waals surface area (Å²) >= 11 is 0. The van der Waals surface area contributed by atoms with Crippen LogP contribution in [0.15, 0.2) is 59.5 Å². The molecule has 2 N–H and O–H groups in total. The van der Waals surface area contributed by atoms with E-state index in [0.717, 1.165) is 0 Å². The first kappa shape index (κ1) is 19.3. The predicted octanol–water partition coefficient (Wildman–Crippen LogP) is 1.43. The van der Waals surface area contributed by atoms with E-state index >= 15 is 0 Å². The van der Waals surface area contributed by atoms with Crippen LogP contribution in [-0.4, -0.2) is 34.4 Å². The van der Waals surface area contributed by atoms with Crippen molar-refractivity contribution in [3.8, 4) is 0 Å². The van der Waals surface area contributed by atoms with E-state index < -0.39 is 34.7 Å². The minimum Gasteiger partial charge on any atom is -0.449 e. The van der Waals surface area contributed by atoms with Crippen molar-refractivity contribution in [2.24, 2.45) is 0 Å². The number of hydrogen-bond acceptors (Lipinski definition) is 5. The Morgan fingerprint density at radius 1 is 0.962 bits per heavy atom. The minimum absolute atomic E-state index is 0.126. The van der Waals surface area contributed by atoms with Gasteiger partial charge in [-0.2, -0.15) is 0 Å². The molecule has 0 aliphatic carbocycles. The molecule has 8 heteroatoms. The van der Waals surface area contributed by atoms with Gasteiger partial charge in [-0.05, 0) is 31.2 Å². The summed E-state index contributed by atoms with van der Waals surface area (Å²) in [5, 5.41) is 0. The van der Waals surface area contributed by atoms with Crippen molar-refractivity contribution in [3.63, 3.8) is 0 Å². The van der Waals surface area contributed by atoms with E-state index in [-0.39, 0.29) is 5.56 Å². The largest absolute Gasteiger partial charge is 0.449 e. The zero-order valence-corrected chi connectivity index (χ0v) is 15.0. The van der Waals surface area contributed by atoms with Gasteiger partial charge in [0.2, 0.25) is 0 Å². The van der Waals surface area contributed by atoms with Gasteiger partial charge in [-0.1, -0.05) is 30.3 Å². The van der Waals surface area contributed by atoms with Gasteiger partial charge in [-0.3, -0.25) is 24.6 Å². The molecule has 136 valence electrons. The van der Waals surface area contributed by atoms with Crippen LogP contribution in [-0.2, 0) is 20.3 Å². The first-order valence-electron chi connectivity index (χ1n) is 7.69. The van der Waals surface area contributed by atoms with Crippen LogP contribution in [0.5, 0.6) is 0 Å². The number of amides is 2. The van der Waals surface area contributed by atoms with Gasteiger partial charge < -0.3 is 4.74 Å². The van der Waals surface area contributed by atoms with E-state index in [1.165, 1.54) is 19.2 Å². The zero-order valence-electron chi connectivity index (χ0n) is 14.2. The van der Waals surface area contributed by atoms with Gasteiger partial charge in [-0.15, -0.1) is 0 Å². The fourth-order valence-corrected chi connectivity index (χ4v) is 2.78. The van der Waals surface area contributed by atoms with Gasteiger partial charge in [0, 0.05) is 11.8 Å². The van der Waals surface area contributed by atoms with Gasteiger partial charge in [0.25, 0.3) is 11.8 Å². The van der Waals surface area contributed by atoms with Crippen LogP contribution in [0.2, 0.25) is 0 Å². The van der Waals surface area contributed by atoms with E-state index in [2.05, 4.69) is 10.9 Å². The Morgan fingerprint density at radius 3 is 2.23 bits per heavy atom. The monoisotopic (exact) mass is 374 g/mol. The number of benzene rings is 2. The molecule has 2 aromatic carbocycles. The quantitative estimate of drug-likeness (QED) is 0.609. The molecule has 0 aliphatic rings. The first-order chi connectivity index (χ1) is 12.4. The smallest absolute Gasteiger partial charge is 0.340 e. The number of esters is 1. The molecule has 2 rings (SSSR count). The molecular weight excluding hydrogens is 356 g/mol. The third-order valence-corrected chi connectivity index (χ3v) is 4.38. The summed E-state index contributed by atoms with van der Waals surface area (Å²) in [5.41, 5.74) is 4.94. The molecule has 7 nitrogen and oxygen atoms in total. The molecule has 0 bridgehead atoms. The van der Waals surface area contributed by atoms with Gasteiger partial charge >= 0.3 is 5.97 Å². The molecule has 2 aromatic rings. The van der Waals surface area contributed by atoms with Crippen molar-refractivity contribution < 1.29 is 23.3 Å². The Balaban J connectivity index is 1.94. The number of rotatable bonds is 5. The van der Waals surface area contributed by atoms with E-state index in [1.54, 1.807) is 48.5 Å². The second-order valence-corrected chi connectivity index (χ2v) is 6.66. The van der Waals surface area contributed by atoms with Crippen LogP contribution in [0, 0.1) is 0 Å². The lowest BCUT2D eigenvalue weighted by Gasteiger charge is -2.15. The maximum absolute atomic E-state index is 12.2. The fraction of sp³-hybridized carbons (Fsp3) is 0.167. The lowest BCUT2D eigenvalue weighted by atomic mass is 10.2. The minimum atomic E-state index is -1.38. The van der Waals surface area contributed by atoms with Crippen molar-refractivity contribution in [3.05, 3.63) is 65.7 Å². The number of carbonyl (C=O) groups excluding carboxylic acids is 3. The van der Waals surface area contributed by atoms with Crippen LogP contribution in [0.4, 0.5) is 0 Å². The third-order valence-electron chi connectivity index (χ3n) is 3.40. The van der Waals surface area contributed by atoms with Crippen molar-refractivity contribution in [1.29, 1.82) is 0 Å². The standard InChI is InChI=1S/C18H18N2O5S/c1-12(16(21)19-20-17(22)13-8-4-3-5-9-13)25-18(23)14-10-6-7-11-15(14)26(2)24/h3-12H,1-2H3,(H,19,21)(H,20,22)/t12-,26-/m0/s1. The zero-order chi connectivity index (χ0) is 19.1. The molecule has 0 saturated heterocycles. The Bertz CT molecular complexity index is 838. The van der Waals surface area contributed by atoms with Crippen LogP contribution < -0.4 is 10.9 Å². The van der Waals surface area contributed by atoms with Gasteiger partial charge in [0.15, 0.2) is 6.10 Å². The summed E-state index contributed by atoms with van der Waals surface area (Å²) in [5.74, 6) is -1.96. The van der Waals surface area contributed by atoms with E-state index in [0.29, 0.717) is 10.5 Å².